The Bertz CT molecular complexity index is 790. The van der Waals surface area contributed by atoms with Crippen molar-refractivity contribution in [1.29, 1.82) is 0 Å². The summed E-state index contributed by atoms with van der Waals surface area (Å²) in [5.41, 5.74) is 0.368. The van der Waals surface area contributed by atoms with Crippen molar-refractivity contribution >= 4 is 17.7 Å². The molecule has 0 radical (unpaired) electrons. The van der Waals surface area contributed by atoms with Gasteiger partial charge in [-0.3, -0.25) is 10.1 Å². The van der Waals surface area contributed by atoms with E-state index in [1.807, 2.05) is 0 Å². The van der Waals surface area contributed by atoms with Gasteiger partial charge in [-0.15, -0.1) is 0 Å². The van der Waals surface area contributed by atoms with Gasteiger partial charge in [0.25, 0.3) is 5.69 Å². The van der Waals surface area contributed by atoms with Crippen molar-refractivity contribution in [3.8, 4) is 17.1 Å². The lowest BCUT2D eigenvalue weighted by Gasteiger charge is -2.05. The highest BCUT2D eigenvalue weighted by molar-refractivity contribution is 5.86. The molecule has 0 saturated carbocycles. The number of furan rings is 1. The smallest absolute Gasteiger partial charge is 0.331 e. The Kier molecular flexibility index (Phi) is 5.51. The molecule has 0 aliphatic heterocycles. The molecule has 0 spiro atoms. The summed E-state index contributed by atoms with van der Waals surface area (Å²) < 4.78 is 15.6. The molecule has 0 fully saturated rings. The van der Waals surface area contributed by atoms with E-state index in [2.05, 4.69) is 6.58 Å². The highest BCUT2D eigenvalue weighted by atomic mass is 16.6. The molecule has 24 heavy (non-hydrogen) atoms. The summed E-state index contributed by atoms with van der Waals surface area (Å²) in [4.78, 5) is 21.8. The van der Waals surface area contributed by atoms with Crippen LogP contribution < -0.4 is 4.74 Å². The maximum Gasteiger partial charge on any atom is 0.331 e. The Balaban J connectivity index is 2.25. The standard InChI is InChI=1S/C17H15NO6/c1-3-10-23-17(19)9-6-13-5-8-16(24-13)14-11-12(18(20)21)4-7-15(14)22-2/h3-9,11H,1,10H2,2H3/b9-6+. The average molecular weight is 329 g/mol. The zero-order valence-corrected chi connectivity index (χ0v) is 12.9. The minimum atomic E-state index is -0.527. The largest absolute Gasteiger partial charge is 0.496 e. The maximum absolute atomic E-state index is 11.4. The quantitative estimate of drug-likeness (QED) is 0.253. The minimum Gasteiger partial charge on any atom is -0.496 e. The third-order valence-electron chi connectivity index (χ3n) is 3.01. The molecule has 0 aliphatic rings. The van der Waals surface area contributed by atoms with Crippen molar-refractivity contribution in [3.05, 3.63) is 64.9 Å². The zero-order chi connectivity index (χ0) is 17.5. The predicted octanol–water partition coefficient (Wildman–Crippen LogP) is 3.61. The van der Waals surface area contributed by atoms with Crippen LogP contribution in [0.25, 0.3) is 17.4 Å². The van der Waals surface area contributed by atoms with Crippen LogP contribution in [0, 0.1) is 10.1 Å². The third kappa shape index (κ3) is 4.10. The second kappa shape index (κ2) is 7.77. The Hall–Kier alpha value is -3.35. The number of carbonyl (C=O) groups is 1. The fraction of sp³-hybridized carbons (Fsp3) is 0.118. The first kappa shape index (κ1) is 17.0. The number of hydrogen-bond acceptors (Lipinski definition) is 6. The van der Waals surface area contributed by atoms with Gasteiger partial charge >= 0.3 is 5.97 Å². The molecule has 0 atom stereocenters. The molecule has 2 aromatic rings. The number of carbonyl (C=O) groups excluding carboxylic acids is 1. The summed E-state index contributed by atoms with van der Waals surface area (Å²) >= 11 is 0. The first-order valence-corrected chi connectivity index (χ1v) is 6.93. The molecule has 0 amide bonds. The van der Waals surface area contributed by atoms with Crippen LogP contribution in [-0.4, -0.2) is 24.6 Å². The Morgan fingerprint density at radius 1 is 1.38 bits per heavy atom. The number of hydrogen-bond donors (Lipinski definition) is 0. The van der Waals surface area contributed by atoms with Gasteiger partial charge in [-0.2, -0.15) is 0 Å². The fourth-order valence-electron chi connectivity index (χ4n) is 1.93. The number of esters is 1. The van der Waals surface area contributed by atoms with Gasteiger partial charge in [0, 0.05) is 18.2 Å². The monoisotopic (exact) mass is 329 g/mol. The van der Waals surface area contributed by atoms with Crippen molar-refractivity contribution in [2.24, 2.45) is 0 Å². The summed E-state index contributed by atoms with van der Waals surface area (Å²) in [5.74, 6) is 0.695. The summed E-state index contributed by atoms with van der Waals surface area (Å²) in [7, 11) is 1.46. The molecular formula is C17H15NO6. The summed E-state index contributed by atoms with van der Waals surface area (Å²) in [6.45, 7) is 3.57. The van der Waals surface area contributed by atoms with Crippen LogP contribution in [0.2, 0.25) is 0 Å². The van der Waals surface area contributed by atoms with Crippen molar-refractivity contribution < 1.29 is 23.6 Å². The molecule has 0 aliphatic carbocycles. The molecule has 1 aromatic carbocycles. The number of nitro benzene ring substituents is 1. The summed E-state index contributed by atoms with van der Waals surface area (Å²) in [6.07, 6.45) is 4.13. The van der Waals surface area contributed by atoms with Gasteiger partial charge in [-0.25, -0.2) is 4.79 Å². The van der Waals surface area contributed by atoms with Crippen LogP contribution in [0.1, 0.15) is 5.76 Å². The van der Waals surface area contributed by atoms with Gasteiger partial charge < -0.3 is 13.9 Å². The van der Waals surface area contributed by atoms with E-state index >= 15 is 0 Å². The first-order valence-electron chi connectivity index (χ1n) is 6.93. The second-order valence-corrected chi connectivity index (χ2v) is 4.60. The van der Waals surface area contributed by atoms with E-state index in [9.17, 15) is 14.9 Å². The third-order valence-corrected chi connectivity index (χ3v) is 3.01. The van der Waals surface area contributed by atoms with Gasteiger partial charge in [0.2, 0.25) is 0 Å². The van der Waals surface area contributed by atoms with Gasteiger partial charge in [-0.05, 0) is 24.3 Å². The van der Waals surface area contributed by atoms with E-state index in [-0.39, 0.29) is 12.3 Å². The molecule has 0 bridgehead atoms. The predicted molar refractivity (Wildman–Crippen MR) is 87.5 cm³/mol. The second-order valence-electron chi connectivity index (χ2n) is 4.60. The van der Waals surface area contributed by atoms with Gasteiger partial charge in [0.05, 0.1) is 17.6 Å². The van der Waals surface area contributed by atoms with E-state index in [0.29, 0.717) is 22.8 Å². The number of non-ortho nitro benzene ring substituents is 1. The lowest BCUT2D eigenvalue weighted by atomic mass is 10.1. The van der Waals surface area contributed by atoms with Crippen LogP contribution in [0.15, 0.2) is 53.5 Å². The fourth-order valence-corrected chi connectivity index (χ4v) is 1.93. The van der Waals surface area contributed by atoms with Crippen LogP contribution in [-0.2, 0) is 9.53 Å². The normalized spacial score (nSPS) is 10.5. The average Bonchev–Trinajstić information content (AvgIpc) is 3.06. The molecule has 7 nitrogen and oxygen atoms in total. The Labute approximate surface area is 137 Å². The molecule has 0 unspecified atom stereocenters. The lowest BCUT2D eigenvalue weighted by Crippen LogP contribution is -1.99. The Morgan fingerprint density at radius 3 is 2.83 bits per heavy atom. The molecule has 1 heterocycles. The molecular weight excluding hydrogens is 314 g/mol. The van der Waals surface area contributed by atoms with Gasteiger partial charge in [0.15, 0.2) is 0 Å². The van der Waals surface area contributed by atoms with Crippen LogP contribution in [0.4, 0.5) is 5.69 Å². The van der Waals surface area contributed by atoms with Gasteiger partial charge in [-0.1, -0.05) is 12.7 Å². The Morgan fingerprint density at radius 2 is 2.17 bits per heavy atom. The molecule has 0 N–H and O–H groups in total. The minimum absolute atomic E-state index is 0.0766. The van der Waals surface area contributed by atoms with Crippen molar-refractivity contribution in [1.82, 2.24) is 0 Å². The van der Waals surface area contributed by atoms with Crippen molar-refractivity contribution in [3.63, 3.8) is 0 Å². The summed E-state index contributed by atoms with van der Waals surface area (Å²) in [6, 6.07) is 7.48. The number of methoxy groups -OCH3 is 1. The number of rotatable bonds is 7. The number of ether oxygens (including phenoxy) is 2. The van der Waals surface area contributed by atoms with Crippen LogP contribution in [0.3, 0.4) is 0 Å². The number of benzene rings is 1. The molecule has 124 valence electrons. The molecule has 2 rings (SSSR count). The summed E-state index contributed by atoms with van der Waals surface area (Å²) in [5, 5.41) is 10.9. The lowest BCUT2D eigenvalue weighted by molar-refractivity contribution is -0.384. The molecule has 7 heteroatoms. The van der Waals surface area contributed by atoms with E-state index in [1.54, 1.807) is 12.1 Å². The number of nitrogens with zero attached hydrogens (tertiary/aromatic N) is 1. The van der Waals surface area contributed by atoms with Crippen molar-refractivity contribution in [2.75, 3.05) is 13.7 Å². The first-order chi connectivity index (χ1) is 11.5. The van der Waals surface area contributed by atoms with Crippen LogP contribution >= 0.6 is 0 Å². The van der Waals surface area contributed by atoms with E-state index in [1.165, 1.54) is 43.5 Å². The zero-order valence-electron chi connectivity index (χ0n) is 12.9. The van der Waals surface area contributed by atoms with E-state index in [0.717, 1.165) is 0 Å². The van der Waals surface area contributed by atoms with Crippen molar-refractivity contribution in [2.45, 2.75) is 0 Å². The SMILES string of the molecule is C=CCOC(=O)/C=C/c1ccc(-c2cc([N+](=O)[O-])ccc2OC)o1. The highest BCUT2D eigenvalue weighted by Crippen LogP contribution is 2.34. The van der Waals surface area contributed by atoms with Crippen LogP contribution in [0.5, 0.6) is 5.75 Å². The van der Waals surface area contributed by atoms with E-state index in [4.69, 9.17) is 13.9 Å². The topological polar surface area (TPSA) is 91.8 Å². The maximum atomic E-state index is 11.4. The highest BCUT2D eigenvalue weighted by Gasteiger charge is 2.15. The number of nitro groups is 1. The molecule has 1 aromatic heterocycles. The molecule has 0 saturated heterocycles. The van der Waals surface area contributed by atoms with E-state index < -0.39 is 10.9 Å². The van der Waals surface area contributed by atoms with Gasteiger partial charge in [0.1, 0.15) is 23.9 Å².